The highest BCUT2D eigenvalue weighted by molar-refractivity contribution is 5.68. The van der Waals surface area contributed by atoms with Crippen LogP contribution in [-0.2, 0) is 4.74 Å². The van der Waals surface area contributed by atoms with Crippen molar-refractivity contribution in [2.45, 2.75) is 0 Å². The Hall–Kier alpha value is -1.25. The van der Waals surface area contributed by atoms with E-state index in [0.717, 1.165) is 0 Å². The van der Waals surface area contributed by atoms with Crippen LogP contribution in [0.15, 0.2) is 25.4 Å². The number of nitrogens with zero attached hydrogens (tertiary/aromatic N) is 1. The van der Waals surface area contributed by atoms with E-state index in [4.69, 9.17) is 0 Å². The van der Waals surface area contributed by atoms with Crippen molar-refractivity contribution >= 4 is 6.09 Å². The van der Waals surface area contributed by atoms with Crippen molar-refractivity contribution in [2.24, 2.45) is 0 Å². The molecule has 0 bridgehead atoms. The molecule has 0 rings (SSSR count). The molecule has 0 heterocycles. The molecule has 0 aromatic carbocycles. The predicted octanol–water partition coefficient (Wildman–Crippen LogP) is 1.38. The highest BCUT2D eigenvalue weighted by atomic mass is 16.6. The number of amides is 1. The topological polar surface area (TPSA) is 29.5 Å². The molecule has 0 aromatic rings. The summed E-state index contributed by atoms with van der Waals surface area (Å²) in [6, 6.07) is 0. The Morgan fingerprint density at radius 3 is 2.70 bits per heavy atom. The summed E-state index contributed by atoms with van der Waals surface area (Å²) >= 11 is 0. The van der Waals surface area contributed by atoms with E-state index in [9.17, 15) is 4.79 Å². The number of rotatable bonds is 3. The van der Waals surface area contributed by atoms with Crippen molar-refractivity contribution in [3.63, 3.8) is 0 Å². The van der Waals surface area contributed by atoms with Crippen LogP contribution < -0.4 is 0 Å². The van der Waals surface area contributed by atoms with Gasteiger partial charge in [-0.3, -0.25) is 4.90 Å². The van der Waals surface area contributed by atoms with Crippen LogP contribution in [-0.4, -0.2) is 24.6 Å². The minimum atomic E-state index is -0.421. The first-order chi connectivity index (χ1) is 4.72. The van der Waals surface area contributed by atoms with E-state index in [2.05, 4.69) is 17.9 Å². The molecule has 0 aliphatic rings. The fraction of sp³-hybridized carbons (Fsp3) is 0.286. The summed E-state index contributed by atoms with van der Waals surface area (Å²) < 4.78 is 4.64. The maximum absolute atomic E-state index is 10.7. The summed E-state index contributed by atoms with van der Waals surface area (Å²) in [5.74, 6) is 0. The molecular formula is C7H11NO2. The standard InChI is InChI=1S/C7H11NO2/c1-4-6-10-7(9)8(3)5-2/h4-5H,1-2,6H2,3H3. The van der Waals surface area contributed by atoms with Gasteiger partial charge < -0.3 is 4.74 Å². The Morgan fingerprint density at radius 2 is 2.30 bits per heavy atom. The molecule has 10 heavy (non-hydrogen) atoms. The summed E-state index contributed by atoms with van der Waals surface area (Å²) in [5.41, 5.74) is 0. The first-order valence-corrected chi connectivity index (χ1v) is 2.85. The minimum Gasteiger partial charge on any atom is -0.445 e. The fourth-order valence-corrected chi connectivity index (χ4v) is 0.307. The van der Waals surface area contributed by atoms with E-state index < -0.39 is 6.09 Å². The molecule has 3 heteroatoms. The van der Waals surface area contributed by atoms with Gasteiger partial charge in [0.25, 0.3) is 0 Å². The molecule has 0 radical (unpaired) electrons. The van der Waals surface area contributed by atoms with Gasteiger partial charge in [-0.2, -0.15) is 0 Å². The van der Waals surface area contributed by atoms with Crippen LogP contribution in [0, 0.1) is 0 Å². The number of carbonyl (C=O) groups excluding carboxylic acids is 1. The van der Waals surface area contributed by atoms with Gasteiger partial charge in [-0.05, 0) is 0 Å². The monoisotopic (exact) mass is 141 g/mol. The Balaban J connectivity index is 3.61. The smallest absolute Gasteiger partial charge is 0.413 e. The van der Waals surface area contributed by atoms with Crippen LogP contribution in [0.5, 0.6) is 0 Å². The summed E-state index contributed by atoms with van der Waals surface area (Å²) in [7, 11) is 1.57. The Morgan fingerprint density at radius 1 is 1.70 bits per heavy atom. The maximum atomic E-state index is 10.7. The van der Waals surface area contributed by atoms with Crippen LogP contribution in [0.3, 0.4) is 0 Å². The van der Waals surface area contributed by atoms with Gasteiger partial charge in [0.05, 0.1) is 0 Å². The predicted molar refractivity (Wildman–Crippen MR) is 39.5 cm³/mol. The molecule has 0 saturated carbocycles. The zero-order valence-corrected chi connectivity index (χ0v) is 6.04. The van der Waals surface area contributed by atoms with Crippen molar-refractivity contribution in [1.29, 1.82) is 0 Å². The quantitative estimate of drug-likeness (QED) is 0.556. The summed E-state index contributed by atoms with van der Waals surface area (Å²) in [6.07, 6.45) is 2.47. The molecule has 3 nitrogen and oxygen atoms in total. The van der Waals surface area contributed by atoms with Crippen molar-refractivity contribution in [3.05, 3.63) is 25.4 Å². The lowest BCUT2D eigenvalue weighted by atomic mass is 10.7. The van der Waals surface area contributed by atoms with E-state index in [1.165, 1.54) is 17.2 Å². The van der Waals surface area contributed by atoms with Gasteiger partial charge >= 0.3 is 6.09 Å². The van der Waals surface area contributed by atoms with E-state index in [1.807, 2.05) is 0 Å². The van der Waals surface area contributed by atoms with E-state index in [0.29, 0.717) is 0 Å². The molecule has 0 saturated heterocycles. The second kappa shape index (κ2) is 4.61. The minimum absolute atomic E-state index is 0.233. The highest BCUT2D eigenvalue weighted by Crippen LogP contribution is 1.88. The van der Waals surface area contributed by atoms with Gasteiger partial charge in [-0.25, -0.2) is 4.79 Å². The molecule has 0 aliphatic carbocycles. The number of ether oxygens (including phenoxy) is 1. The van der Waals surface area contributed by atoms with Crippen molar-refractivity contribution < 1.29 is 9.53 Å². The first-order valence-electron chi connectivity index (χ1n) is 2.85. The van der Waals surface area contributed by atoms with Gasteiger partial charge in [0, 0.05) is 13.2 Å². The fourth-order valence-electron chi connectivity index (χ4n) is 0.307. The SMILES string of the molecule is C=CCOC(=O)N(C)C=C. The third-order valence-electron chi connectivity index (χ3n) is 0.887. The molecule has 0 N–H and O–H groups in total. The van der Waals surface area contributed by atoms with Crippen LogP contribution in [0.4, 0.5) is 4.79 Å². The van der Waals surface area contributed by atoms with Crippen molar-refractivity contribution in [1.82, 2.24) is 4.90 Å². The normalized spacial score (nSPS) is 8.10. The lowest BCUT2D eigenvalue weighted by Crippen LogP contribution is -2.21. The van der Waals surface area contributed by atoms with E-state index >= 15 is 0 Å². The van der Waals surface area contributed by atoms with Gasteiger partial charge in [0.1, 0.15) is 6.61 Å². The lowest BCUT2D eigenvalue weighted by molar-refractivity contribution is 0.135. The zero-order valence-electron chi connectivity index (χ0n) is 6.04. The van der Waals surface area contributed by atoms with Gasteiger partial charge in [-0.15, -0.1) is 0 Å². The summed E-state index contributed by atoms with van der Waals surface area (Å²) in [5, 5.41) is 0. The summed E-state index contributed by atoms with van der Waals surface area (Å²) in [4.78, 5) is 12.0. The molecule has 0 aromatic heterocycles. The summed E-state index contributed by atoms with van der Waals surface area (Å²) in [6.45, 7) is 7.02. The third kappa shape index (κ3) is 2.91. The second-order valence-corrected chi connectivity index (χ2v) is 1.66. The highest BCUT2D eigenvalue weighted by Gasteiger charge is 2.02. The molecule has 1 amide bonds. The van der Waals surface area contributed by atoms with Gasteiger partial charge in [0.15, 0.2) is 0 Å². The van der Waals surface area contributed by atoms with Crippen LogP contribution >= 0.6 is 0 Å². The van der Waals surface area contributed by atoms with Crippen molar-refractivity contribution in [2.75, 3.05) is 13.7 Å². The Labute approximate surface area is 60.6 Å². The second-order valence-electron chi connectivity index (χ2n) is 1.66. The van der Waals surface area contributed by atoms with Gasteiger partial charge in [0.2, 0.25) is 0 Å². The van der Waals surface area contributed by atoms with Crippen molar-refractivity contribution in [3.8, 4) is 0 Å². The van der Waals surface area contributed by atoms with E-state index in [1.54, 1.807) is 7.05 Å². The molecule has 0 atom stereocenters. The molecular weight excluding hydrogens is 130 g/mol. The Kier molecular flexibility index (Phi) is 4.04. The number of hydrogen-bond acceptors (Lipinski definition) is 2. The molecule has 0 spiro atoms. The Bertz CT molecular complexity index is 143. The lowest BCUT2D eigenvalue weighted by Gasteiger charge is -2.09. The molecule has 56 valence electrons. The molecule has 0 aliphatic heterocycles. The van der Waals surface area contributed by atoms with Crippen LogP contribution in [0.2, 0.25) is 0 Å². The van der Waals surface area contributed by atoms with Gasteiger partial charge in [-0.1, -0.05) is 19.2 Å². The number of carbonyl (C=O) groups is 1. The maximum Gasteiger partial charge on any atom is 0.413 e. The van der Waals surface area contributed by atoms with Crippen LogP contribution in [0.25, 0.3) is 0 Å². The first kappa shape index (κ1) is 8.75. The third-order valence-corrected chi connectivity index (χ3v) is 0.887. The largest absolute Gasteiger partial charge is 0.445 e. The zero-order chi connectivity index (χ0) is 7.98. The molecule has 0 fully saturated rings. The number of hydrogen-bond donors (Lipinski definition) is 0. The van der Waals surface area contributed by atoms with E-state index in [-0.39, 0.29) is 6.61 Å². The average molecular weight is 141 g/mol. The molecule has 0 unspecified atom stereocenters. The average Bonchev–Trinajstić information content (AvgIpc) is 1.98. The van der Waals surface area contributed by atoms with Crippen LogP contribution in [0.1, 0.15) is 0 Å².